The molecule has 0 aliphatic rings. The van der Waals surface area contributed by atoms with Gasteiger partial charge in [-0.05, 0) is 0 Å². The monoisotopic (exact) mass is 212 g/mol. The molecule has 0 rings (SSSR count). The molecule has 0 aromatic heterocycles. The number of carbonyl (C=O) groups is 1. The SMILES string of the molecule is O=C([O-])CO.[O]=[Sb+]. The van der Waals surface area contributed by atoms with E-state index in [0.29, 0.717) is 23.0 Å². The van der Waals surface area contributed by atoms with Gasteiger partial charge in [0, 0.05) is 0 Å². The van der Waals surface area contributed by atoms with Gasteiger partial charge in [0.15, 0.2) is 0 Å². The fourth-order valence-corrected chi connectivity index (χ4v) is 0. The van der Waals surface area contributed by atoms with Gasteiger partial charge in [0.2, 0.25) is 0 Å². The Balaban J connectivity index is 0. The van der Waals surface area contributed by atoms with E-state index in [4.69, 9.17) is 18.0 Å². The summed E-state index contributed by atoms with van der Waals surface area (Å²) >= 11 is 0.500. The summed E-state index contributed by atoms with van der Waals surface area (Å²) < 4.78 is 8.30. The predicted octanol–water partition coefficient (Wildman–Crippen LogP) is -2.77. The number of rotatable bonds is 1. The van der Waals surface area contributed by atoms with E-state index in [1.165, 1.54) is 0 Å². The van der Waals surface area contributed by atoms with E-state index in [-0.39, 0.29) is 0 Å². The standard InChI is InChI=1S/C2H4O3.O.Sb/c3-1-2(4)5;;/h3H,1H2,(H,4,5);;/q;;+1/p-1. The number of hydrogen-bond acceptors (Lipinski definition) is 4. The Labute approximate surface area is 54.0 Å². The molecule has 0 heterocycles. The second-order valence-electron chi connectivity index (χ2n) is 0.530. The summed E-state index contributed by atoms with van der Waals surface area (Å²) in [5.74, 6) is -1.44. The molecule has 0 saturated carbocycles. The first-order chi connectivity index (χ1) is 3.27. The number of aliphatic carboxylic acids is 1. The Morgan fingerprint density at radius 1 is 1.71 bits per heavy atom. The normalized spacial score (nSPS) is 5.86. The van der Waals surface area contributed by atoms with Crippen molar-refractivity contribution in [2.75, 3.05) is 6.61 Å². The minimum absolute atomic E-state index is 0.500. The summed E-state index contributed by atoms with van der Waals surface area (Å²) in [5.41, 5.74) is 0. The molecule has 0 aliphatic heterocycles. The molecule has 0 amide bonds. The van der Waals surface area contributed by atoms with Crippen LogP contribution in [0.3, 0.4) is 0 Å². The Hall–Kier alpha value is 0.0482. The fraction of sp³-hybridized carbons (Fsp3) is 0.500. The summed E-state index contributed by atoms with van der Waals surface area (Å²) in [7, 11) is 0. The van der Waals surface area contributed by atoms with E-state index < -0.39 is 12.6 Å². The molecule has 0 unspecified atom stereocenters. The molecular formula is C2H3O4Sb. The zero-order valence-electron chi connectivity index (χ0n) is 3.33. The number of carboxylic acid groups (broad SMARTS) is 1. The van der Waals surface area contributed by atoms with Crippen molar-refractivity contribution in [3.63, 3.8) is 0 Å². The van der Waals surface area contributed by atoms with E-state index in [0.717, 1.165) is 0 Å². The third kappa shape index (κ3) is 23.6. The van der Waals surface area contributed by atoms with Gasteiger partial charge in [0.1, 0.15) is 0 Å². The number of carboxylic acids is 1. The predicted molar refractivity (Wildman–Crippen MR) is 18.5 cm³/mol. The number of aliphatic hydroxyl groups excluding tert-OH is 1. The van der Waals surface area contributed by atoms with Crippen LogP contribution >= 0.6 is 0 Å². The van der Waals surface area contributed by atoms with E-state index >= 15 is 0 Å². The van der Waals surface area contributed by atoms with Gasteiger partial charge in [0.25, 0.3) is 0 Å². The molecule has 0 saturated heterocycles. The number of aliphatic hydroxyl groups is 1. The van der Waals surface area contributed by atoms with Crippen molar-refractivity contribution >= 4 is 29.0 Å². The molecule has 7 heavy (non-hydrogen) atoms. The first kappa shape index (κ1) is 10.1. The third-order valence-electron chi connectivity index (χ3n) is 0.129. The van der Waals surface area contributed by atoms with Gasteiger partial charge < -0.3 is 15.0 Å². The molecule has 4 nitrogen and oxygen atoms in total. The topological polar surface area (TPSA) is 77.4 Å². The van der Waals surface area contributed by atoms with E-state index in [1.807, 2.05) is 0 Å². The van der Waals surface area contributed by atoms with Gasteiger partial charge in [-0.15, -0.1) is 0 Å². The molecule has 0 spiro atoms. The summed E-state index contributed by atoms with van der Waals surface area (Å²) in [6.45, 7) is -0.889. The Bertz CT molecular complexity index is 53.7. The van der Waals surface area contributed by atoms with Gasteiger partial charge in [-0.25, -0.2) is 0 Å². The Morgan fingerprint density at radius 3 is 1.86 bits per heavy atom. The first-order valence-electron chi connectivity index (χ1n) is 1.26. The van der Waals surface area contributed by atoms with E-state index in [2.05, 4.69) is 0 Å². The van der Waals surface area contributed by atoms with Crippen molar-refractivity contribution in [1.82, 2.24) is 0 Å². The van der Waals surface area contributed by atoms with Crippen LogP contribution in [0.15, 0.2) is 0 Å². The van der Waals surface area contributed by atoms with Gasteiger partial charge >= 0.3 is 26.0 Å². The van der Waals surface area contributed by atoms with Crippen molar-refractivity contribution in [2.24, 2.45) is 0 Å². The Kier molecular flexibility index (Phi) is 13.6. The summed E-state index contributed by atoms with van der Waals surface area (Å²) in [4.78, 5) is 9.01. The van der Waals surface area contributed by atoms with Crippen LogP contribution in [0.1, 0.15) is 0 Å². The van der Waals surface area contributed by atoms with Crippen LogP contribution in [0.5, 0.6) is 0 Å². The van der Waals surface area contributed by atoms with Gasteiger partial charge in [-0.1, -0.05) is 0 Å². The quantitative estimate of drug-likeness (QED) is 0.478. The van der Waals surface area contributed by atoms with Gasteiger partial charge in [-0.3, -0.25) is 0 Å². The molecule has 0 atom stereocenters. The van der Waals surface area contributed by atoms with Crippen LogP contribution in [0.25, 0.3) is 0 Å². The molecule has 0 aliphatic carbocycles. The molecule has 1 N–H and O–H groups in total. The van der Waals surface area contributed by atoms with Gasteiger partial charge in [-0.2, -0.15) is 0 Å². The maximum atomic E-state index is 9.01. The summed E-state index contributed by atoms with van der Waals surface area (Å²) in [6, 6.07) is 0. The van der Waals surface area contributed by atoms with Crippen LogP contribution in [0.4, 0.5) is 0 Å². The second-order valence-corrected chi connectivity index (χ2v) is 0.530. The zero-order valence-corrected chi connectivity index (χ0v) is 5.88. The van der Waals surface area contributed by atoms with Gasteiger partial charge in [0.05, 0.1) is 12.6 Å². The van der Waals surface area contributed by atoms with Crippen LogP contribution < -0.4 is 5.11 Å². The maximum absolute atomic E-state index is 9.01. The molecule has 0 bridgehead atoms. The molecule has 0 aromatic rings. The molecule has 40 valence electrons. The van der Waals surface area contributed by atoms with Crippen molar-refractivity contribution in [2.45, 2.75) is 0 Å². The molecular weight excluding hydrogens is 210 g/mol. The van der Waals surface area contributed by atoms with E-state index in [1.54, 1.807) is 0 Å². The van der Waals surface area contributed by atoms with Crippen LogP contribution in [-0.4, -0.2) is 40.7 Å². The average molecular weight is 213 g/mol. The van der Waals surface area contributed by atoms with Crippen LogP contribution in [0.2, 0.25) is 0 Å². The first-order valence-corrected chi connectivity index (χ1v) is 2.30. The number of hydrogen-bond donors (Lipinski definition) is 1. The molecule has 0 fully saturated rings. The van der Waals surface area contributed by atoms with Crippen molar-refractivity contribution < 1.29 is 18.0 Å². The summed E-state index contributed by atoms with van der Waals surface area (Å²) in [6.07, 6.45) is 0. The molecule has 5 heteroatoms. The zero-order chi connectivity index (χ0) is 6.28. The molecule has 0 aromatic carbocycles. The average Bonchev–Trinajstić information content (AvgIpc) is 1.73. The third-order valence-corrected chi connectivity index (χ3v) is 0.129. The van der Waals surface area contributed by atoms with Crippen molar-refractivity contribution in [3.05, 3.63) is 0 Å². The van der Waals surface area contributed by atoms with Crippen LogP contribution in [0, 0.1) is 0 Å². The van der Waals surface area contributed by atoms with Crippen LogP contribution in [-0.2, 0) is 7.81 Å². The number of carbonyl (C=O) groups excluding carboxylic acids is 1. The Morgan fingerprint density at radius 2 is 1.86 bits per heavy atom. The van der Waals surface area contributed by atoms with E-state index in [9.17, 15) is 0 Å². The van der Waals surface area contributed by atoms with Crippen molar-refractivity contribution in [3.8, 4) is 0 Å². The summed E-state index contributed by atoms with van der Waals surface area (Å²) in [5, 5.41) is 16.5. The van der Waals surface area contributed by atoms with Crippen molar-refractivity contribution in [1.29, 1.82) is 0 Å². The molecule has 2 radical (unpaired) electrons. The second kappa shape index (κ2) is 9.41. The minimum atomic E-state index is -1.44. The fourth-order valence-electron chi connectivity index (χ4n) is 0.